The number of benzene rings is 1. The maximum Gasteiger partial charge on any atom is 0.348 e. The summed E-state index contributed by atoms with van der Waals surface area (Å²) in [6.45, 7) is 11.7. The van der Waals surface area contributed by atoms with Gasteiger partial charge < -0.3 is 14.8 Å². The minimum atomic E-state index is -0.588. The molecule has 0 aliphatic heterocycles. The molecule has 7 heteroatoms. The third-order valence-electron chi connectivity index (χ3n) is 4.33. The van der Waals surface area contributed by atoms with E-state index in [-0.39, 0.29) is 40.0 Å². The number of anilines is 1. The number of rotatable bonds is 6. The highest BCUT2D eigenvalue weighted by Crippen LogP contribution is 2.34. The van der Waals surface area contributed by atoms with Crippen LogP contribution < -0.4 is 5.32 Å². The zero-order valence-corrected chi connectivity index (χ0v) is 18.5. The van der Waals surface area contributed by atoms with Gasteiger partial charge in [0, 0.05) is 5.56 Å². The van der Waals surface area contributed by atoms with E-state index in [1.165, 1.54) is 0 Å². The molecule has 29 heavy (non-hydrogen) atoms. The molecule has 2 aromatic rings. The fourth-order valence-corrected chi connectivity index (χ4v) is 3.82. The molecule has 2 rings (SSSR count). The Labute approximate surface area is 175 Å². The van der Waals surface area contributed by atoms with Crippen molar-refractivity contribution in [1.29, 1.82) is 0 Å². The minimum Gasteiger partial charge on any atom is -0.462 e. The Bertz CT molecular complexity index is 907. The lowest BCUT2D eigenvalue weighted by Gasteiger charge is -2.19. The van der Waals surface area contributed by atoms with Crippen LogP contribution in [0, 0.1) is 6.92 Å². The molecule has 1 N–H and O–H groups in total. The average molecular weight is 418 g/mol. The molecule has 0 aliphatic rings. The number of ether oxygens (including phenoxy) is 2. The molecule has 0 saturated carbocycles. The fraction of sp³-hybridized carbons (Fsp3) is 0.409. The Morgan fingerprint density at radius 3 is 2.03 bits per heavy atom. The highest BCUT2D eigenvalue weighted by atomic mass is 32.1. The van der Waals surface area contributed by atoms with Crippen molar-refractivity contribution in [2.45, 2.75) is 47.0 Å². The smallest absolute Gasteiger partial charge is 0.348 e. The first kappa shape index (κ1) is 22.6. The molecule has 1 aromatic heterocycles. The first-order valence-electron chi connectivity index (χ1n) is 9.49. The monoisotopic (exact) mass is 417 g/mol. The molecule has 156 valence electrons. The van der Waals surface area contributed by atoms with Gasteiger partial charge in [0.2, 0.25) is 0 Å². The number of hydrogen-bond donors (Lipinski definition) is 1. The Hall–Kier alpha value is -2.67. The van der Waals surface area contributed by atoms with Crippen LogP contribution in [0.25, 0.3) is 0 Å². The van der Waals surface area contributed by atoms with E-state index in [4.69, 9.17) is 9.47 Å². The third-order valence-corrected chi connectivity index (χ3v) is 5.51. The van der Waals surface area contributed by atoms with Gasteiger partial charge >= 0.3 is 11.9 Å². The van der Waals surface area contributed by atoms with Crippen LogP contribution in [-0.2, 0) is 14.9 Å². The lowest BCUT2D eigenvalue weighted by atomic mass is 9.87. The van der Waals surface area contributed by atoms with Crippen molar-refractivity contribution in [3.05, 3.63) is 51.4 Å². The van der Waals surface area contributed by atoms with Gasteiger partial charge in [-0.15, -0.1) is 11.3 Å². The highest BCUT2D eigenvalue weighted by molar-refractivity contribution is 7.18. The summed E-state index contributed by atoms with van der Waals surface area (Å²) in [5, 5.41) is 3.03. The van der Waals surface area contributed by atoms with E-state index in [1.807, 2.05) is 12.1 Å². The molecule has 0 bridgehead atoms. The summed E-state index contributed by atoms with van der Waals surface area (Å²) in [5.41, 5.74) is 2.16. The standard InChI is InChI=1S/C22H27NO5S/c1-7-27-20(25)16-13(3)17(21(26)28-8-2)29-19(16)23-18(24)14-9-11-15(12-10-14)22(4,5)6/h9-12H,7-8H2,1-6H3,(H,23,24). The first-order valence-corrected chi connectivity index (χ1v) is 10.3. The maximum absolute atomic E-state index is 12.8. The molecule has 0 fully saturated rings. The van der Waals surface area contributed by atoms with Crippen LogP contribution in [0.1, 0.15) is 76.1 Å². The Morgan fingerprint density at radius 1 is 0.966 bits per heavy atom. The number of carbonyl (C=O) groups excluding carboxylic acids is 3. The van der Waals surface area contributed by atoms with Crippen molar-refractivity contribution in [3.8, 4) is 0 Å². The van der Waals surface area contributed by atoms with Crippen molar-refractivity contribution in [1.82, 2.24) is 0 Å². The molecule has 0 atom stereocenters. The second kappa shape index (κ2) is 9.22. The summed E-state index contributed by atoms with van der Waals surface area (Å²) >= 11 is 1.01. The summed E-state index contributed by atoms with van der Waals surface area (Å²) in [4.78, 5) is 37.7. The number of hydrogen-bond acceptors (Lipinski definition) is 6. The van der Waals surface area contributed by atoms with Crippen LogP contribution in [0.4, 0.5) is 5.00 Å². The first-order chi connectivity index (χ1) is 13.6. The van der Waals surface area contributed by atoms with Crippen LogP contribution in [0.5, 0.6) is 0 Å². The third kappa shape index (κ3) is 5.23. The Kier molecular flexibility index (Phi) is 7.19. The van der Waals surface area contributed by atoms with Gasteiger partial charge in [-0.2, -0.15) is 0 Å². The normalized spacial score (nSPS) is 11.1. The van der Waals surface area contributed by atoms with Crippen LogP contribution in [-0.4, -0.2) is 31.1 Å². The summed E-state index contributed by atoms with van der Waals surface area (Å²) in [6, 6.07) is 7.30. The second-order valence-corrected chi connectivity index (χ2v) is 8.50. The minimum absolute atomic E-state index is 0.0223. The highest BCUT2D eigenvalue weighted by Gasteiger charge is 2.27. The summed E-state index contributed by atoms with van der Waals surface area (Å²) in [6.07, 6.45) is 0. The van der Waals surface area contributed by atoms with Gasteiger partial charge in [0.1, 0.15) is 9.88 Å². The second-order valence-electron chi connectivity index (χ2n) is 7.48. The van der Waals surface area contributed by atoms with Gasteiger partial charge in [-0.05, 0) is 49.4 Å². The van der Waals surface area contributed by atoms with E-state index in [9.17, 15) is 14.4 Å². The lowest BCUT2D eigenvalue weighted by Crippen LogP contribution is -2.16. The fourth-order valence-electron chi connectivity index (χ4n) is 2.74. The molecule has 0 aliphatic carbocycles. The van der Waals surface area contributed by atoms with Crippen LogP contribution >= 0.6 is 11.3 Å². The van der Waals surface area contributed by atoms with Gasteiger partial charge in [-0.3, -0.25) is 4.79 Å². The van der Waals surface area contributed by atoms with E-state index in [1.54, 1.807) is 32.9 Å². The molecular weight excluding hydrogens is 390 g/mol. The predicted molar refractivity (Wildman–Crippen MR) is 114 cm³/mol. The molecule has 1 amide bonds. The van der Waals surface area contributed by atoms with Crippen LogP contribution in [0.2, 0.25) is 0 Å². The summed E-state index contributed by atoms with van der Waals surface area (Å²) in [7, 11) is 0. The lowest BCUT2D eigenvalue weighted by molar-refractivity contribution is 0.0527. The van der Waals surface area contributed by atoms with Gasteiger partial charge in [0.25, 0.3) is 5.91 Å². The van der Waals surface area contributed by atoms with E-state index in [0.717, 1.165) is 16.9 Å². The topological polar surface area (TPSA) is 81.7 Å². The molecule has 1 aromatic carbocycles. The number of esters is 2. The molecule has 6 nitrogen and oxygen atoms in total. The molecular formula is C22H27NO5S. The average Bonchev–Trinajstić information content (AvgIpc) is 2.97. The summed E-state index contributed by atoms with van der Waals surface area (Å²) < 4.78 is 10.2. The van der Waals surface area contributed by atoms with E-state index >= 15 is 0 Å². The van der Waals surface area contributed by atoms with Gasteiger partial charge in [0.15, 0.2) is 0 Å². The van der Waals surface area contributed by atoms with Gasteiger partial charge in [0.05, 0.1) is 18.8 Å². The van der Waals surface area contributed by atoms with Gasteiger partial charge in [-0.1, -0.05) is 32.9 Å². The summed E-state index contributed by atoms with van der Waals surface area (Å²) in [5.74, 6) is -1.49. The Morgan fingerprint density at radius 2 is 1.52 bits per heavy atom. The van der Waals surface area contributed by atoms with Crippen molar-refractivity contribution >= 4 is 34.2 Å². The zero-order valence-electron chi connectivity index (χ0n) is 17.7. The zero-order chi connectivity index (χ0) is 21.8. The Balaban J connectivity index is 2.37. The molecule has 1 heterocycles. The van der Waals surface area contributed by atoms with E-state index in [2.05, 4.69) is 26.1 Å². The van der Waals surface area contributed by atoms with Crippen LogP contribution in [0.15, 0.2) is 24.3 Å². The SMILES string of the molecule is CCOC(=O)c1sc(NC(=O)c2ccc(C(C)(C)C)cc2)c(C(=O)OCC)c1C. The maximum atomic E-state index is 12.8. The van der Waals surface area contributed by atoms with Gasteiger partial charge in [-0.25, -0.2) is 9.59 Å². The molecule has 0 spiro atoms. The number of thiophene rings is 1. The van der Waals surface area contributed by atoms with Crippen molar-refractivity contribution in [2.24, 2.45) is 0 Å². The molecule has 0 unspecified atom stereocenters. The number of nitrogens with one attached hydrogen (secondary N) is 1. The van der Waals surface area contributed by atoms with E-state index in [0.29, 0.717) is 11.1 Å². The number of amides is 1. The quantitative estimate of drug-likeness (QED) is 0.672. The molecule has 0 radical (unpaired) electrons. The van der Waals surface area contributed by atoms with E-state index < -0.39 is 11.9 Å². The van der Waals surface area contributed by atoms with Crippen molar-refractivity contribution in [3.63, 3.8) is 0 Å². The molecule has 0 saturated heterocycles. The van der Waals surface area contributed by atoms with Crippen molar-refractivity contribution < 1.29 is 23.9 Å². The predicted octanol–water partition coefficient (Wildman–Crippen LogP) is 4.96. The largest absolute Gasteiger partial charge is 0.462 e. The number of carbonyl (C=O) groups is 3. The van der Waals surface area contributed by atoms with Crippen LogP contribution in [0.3, 0.4) is 0 Å². The van der Waals surface area contributed by atoms with Crippen molar-refractivity contribution in [2.75, 3.05) is 18.5 Å².